The van der Waals surface area contributed by atoms with Gasteiger partial charge in [-0.05, 0) is 42.3 Å². The van der Waals surface area contributed by atoms with E-state index in [1.807, 2.05) is 24.3 Å². The van der Waals surface area contributed by atoms with Gasteiger partial charge in [-0.3, -0.25) is 9.59 Å². The number of hydrogen-bond acceptors (Lipinski definition) is 3. The summed E-state index contributed by atoms with van der Waals surface area (Å²) in [6.07, 6.45) is 1.17. The van der Waals surface area contributed by atoms with Crippen LogP contribution in [0.25, 0.3) is 0 Å². The van der Waals surface area contributed by atoms with Crippen LogP contribution in [0.4, 0.5) is 11.4 Å². The zero-order valence-corrected chi connectivity index (χ0v) is 16.2. The average Bonchev–Trinajstić information content (AvgIpc) is 2.61. The molecule has 0 radical (unpaired) electrons. The van der Waals surface area contributed by atoms with Gasteiger partial charge in [-0.2, -0.15) is 0 Å². The van der Waals surface area contributed by atoms with Gasteiger partial charge >= 0.3 is 0 Å². The molecule has 26 heavy (non-hydrogen) atoms. The summed E-state index contributed by atoms with van der Waals surface area (Å²) in [6.45, 7) is 0.124. The monoisotopic (exact) mass is 393 g/mol. The number of amides is 2. The molecular formula is C19H21Cl2N3O2. The Hall–Kier alpha value is -2.24. The van der Waals surface area contributed by atoms with E-state index in [-0.39, 0.29) is 18.4 Å². The van der Waals surface area contributed by atoms with Crippen LogP contribution in [0.5, 0.6) is 0 Å². The number of benzene rings is 2. The third-order valence-electron chi connectivity index (χ3n) is 3.74. The van der Waals surface area contributed by atoms with Crippen molar-refractivity contribution in [2.24, 2.45) is 0 Å². The average molecular weight is 394 g/mol. The van der Waals surface area contributed by atoms with E-state index in [0.717, 1.165) is 11.3 Å². The van der Waals surface area contributed by atoms with E-state index >= 15 is 0 Å². The molecule has 5 nitrogen and oxygen atoms in total. The van der Waals surface area contributed by atoms with E-state index < -0.39 is 0 Å². The van der Waals surface area contributed by atoms with Crippen molar-refractivity contribution in [2.75, 3.05) is 31.3 Å². The summed E-state index contributed by atoms with van der Waals surface area (Å²) in [5, 5.41) is 6.63. The van der Waals surface area contributed by atoms with Gasteiger partial charge in [-0.1, -0.05) is 35.3 Å². The number of aryl methyl sites for hydroxylation is 1. The summed E-state index contributed by atoms with van der Waals surface area (Å²) >= 11 is 11.8. The Morgan fingerprint density at radius 1 is 0.962 bits per heavy atom. The van der Waals surface area contributed by atoms with Gasteiger partial charge in [0.2, 0.25) is 11.8 Å². The molecule has 2 rings (SSSR count). The standard InChI is InChI=1S/C19H21Cl2N3O2/c1-24(2)19(26)10-5-13-3-6-14(7-4-13)22-12-18(25)23-15-8-9-16(20)17(21)11-15/h3-4,6-9,11,22H,5,10,12H2,1-2H3,(H,23,25). The fraction of sp³-hybridized carbons (Fsp3) is 0.263. The molecule has 7 heteroatoms. The van der Waals surface area contributed by atoms with Gasteiger partial charge in [0.25, 0.3) is 0 Å². The smallest absolute Gasteiger partial charge is 0.243 e. The van der Waals surface area contributed by atoms with E-state index in [4.69, 9.17) is 23.2 Å². The predicted octanol–water partition coefficient (Wildman–Crippen LogP) is 4.06. The van der Waals surface area contributed by atoms with Crippen molar-refractivity contribution in [2.45, 2.75) is 12.8 Å². The molecule has 138 valence electrons. The first-order chi connectivity index (χ1) is 12.3. The Morgan fingerprint density at radius 2 is 1.62 bits per heavy atom. The lowest BCUT2D eigenvalue weighted by atomic mass is 10.1. The first-order valence-electron chi connectivity index (χ1n) is 8.13. The molecular weight excluding hydrogens is 373 g/mol. The normalized spacial score (nSPS) is 10.3. The summed E-state index contributed by atoms with van der Waals surface area (Å²) < 4.78 is 0. The topological polar surface area (TPSA) is 61.4 Å². The molecule has 0 fully saturated rings. The number of rotatable bonds is 7. The summed E-state index contributed by atoms with van der Waals surface area (Å²) in [5.41, 5.74) is 2.50. The maximum Gasteiger partial charge on any atom is 0.243 e. The lowest BCUT2D eigenvalue weighted by Gasteiger charge is -2.11. The minimum absolute atomic E-state index is 0.103. The Morgan fingerprint density at radius 3 is 2.23 bits per heavy atom. The molecule has 2 amide bonds. The zero-order valence-electron chi connectivity index (χ0n) is 14.7. The van der Waals surface area contributed by atoms with Crippen LogP contribution in [0.15, 0.2) is 42.5 Å². The Labute approximate surface area is 163 Å². The van der Waals surface area contributed by atoms with Crippen LogP contribution in [-0.2, 0) is 16.0 Å². The second-order valence-corrected chi connectivity index (χ2v) is 6.83. The van der Waals surface area contributed by atoms with E-state index in [1.165, 1.54) is 0 Å². The van der Waals surface area contributed by atoms with Crippen LogP contribution < -0.4 is 10.6 Å². The van der Waals surface area contributed by atoms with Crippen molar-refractivity contribution >= 4 is 46.4 Å². The summed E-state index contributed by atoms with van der Waals surface area (Å²) in [7, 11) is 3.50. The van der Waals surface area contributed by atoms with Crippen molar-refractivity contribution in [3.8, 4) is 0 Å². The first-order valence-corrected chi connectivity index (χ1v) is 8.88. The molecule has 0 saturated heterocycles. The molecule has 0 saturated carbocycles. The van der Waals surface area contributed by atoms with Gasteiger partial charge in [-0.25, -0.2) is 0 Å². The fourth-order valence-corrected chi connectivity index (χ4v) is 2.52. The van der Waals surface area contributed by atoms with Gasteiger partial charge in [0.1, 0.15) is 0 Å². The molecule has 0 aromatic heterocycles. The molecule has 0 aliphatic heterocycles. The molecule has 0 heterocycles. The number of carbonyl (C=O) groups is 2. The van der Waals surface area contributed by atoms with Crippen LogP contribution in [0.1, 0.15) is 12.0 Å². The molecule has 0 atom stereocenters. The number of nitrogens with one attached hydrogen (secondary N) is 2. The third kappa shape index (κ3) is 6.24. The van der Waals surface area contributed by atoms with Crippen molar-refractivity contribution in [3.05, 3.63) is 58.1 Å². The minimum atomic E-state index is -0.191. The van der Waals surface area contributed by atoms with E-state index in [0.29, 0.717) is 28.6 Å². The van der Waals surface area contributed by atoms with Crippen molar-refractivity contribution in [3.63, 3.8) is 0 Å². The maximum absolute atomic E-state index is 12.0. The van der Waals surface area contributed by atoms with E-state index in [1.54, 1.807) is 37.2 Å². The Bertz CT molecular complexity index is 777. The van der Waals surface area contributed by atoms with Gasteiger partial charge in [0.05, 0.1) is 16.6 Å². The predicted molar refractivity (Wildman–Crippen MR) is 107 cm³/mol. The molecule has 0 unspecified atom stereocenters. The van der Waals surface area contributed by atoms with Crippen molar-refractivity contribution < 1.29 is 9.59 Å². The Balaban J connectivity index is 1.80. The number of hydrogen-bond donors (Lipinski definition) is 2. The van der Waals surface area contributed by atoms with Crippen molar-refractivity contribution in [1.29, 1.82) is 0 Å². The van der Waals surface area contributed by atoms with Gasteiger partial charge in [0.15, 0.2) is 0 Å². The quantitative estimate of drug-likeness (QED) is 0.745. The highest BCUT2D eigenvalue weighted by Crippen LogP contribution is 2.24. The number of anilines is 2. The minimum Gasteiger partial charge on any atom is -0.376 e. The van der Waals surface area contributed by atoms with Crippen LogP contribution in [-0.4, -0.2) is 37.4 Å². The lowest BCUT2D eigenvalue weighted by Crippen LogP contribution is -2.22. The first kappa shape index (κ1) is 20.1. The largest absolute Gasteiger partial charge is 0.376 e. The molecule has 2 aromatic rings. The summed E-state index contributed by atoms with van der Waals surface area (Å²) in [4.78, 5) is 25.2. The van der Waals surface area contributed by atoms with E-state index in [9.17, 15) is 9.59 Å². The molecule has 0 aliphatic carbocycles. The molecule has 2 aromatic carbocycles. The molecule has 2 N–H and O–H groups in total. The lowest BCUT2D eigenvalue weighted by molar-refractivity contribution is -0.128. The highest BCUT2D eigenvalue weighted by molar-refractivity contribution is 6.42. The highest BCUT2D eigenvalue weighted by atomic mass is 35.5. The fourth-order valence-electron chi connectivity index (χ4n) is 2.23. The molecule has 0 spiro atoms. The van der Waals surface area contributed by atoms with Crippen LogP contribution in [0, 0.1) is 0 Å². The second-order valence-electron chi connectivity index (χ2n) is 6.02. The van der Waals surface area contributed by atoms with E-state index in [2.05, 4.69) is 10.6 Å². The third-order valence-corrected chi connectivity index (χ3v) is 4.48. The van der Waals surface area contributed by atoms with Gasteiger partial charge in [-0.15, -0.1) is 0 Å². The van der Waals surface area contributed by atoms with Gasteiger partial charge in [0, 0.05) is 31.9 Å². The second kappa shape index (κ2) is 9.46. The molecule has 0 bridgehead atoms. The van der Waals surface area contributed by atoms with Crippen LogP contribution in [0.2, 0.25) is 10.0 Å². The number of halogens is 2. The Kier molecular flexibility index (Phi) is 7.30. The summed E-state index contributed by atoms with van der Waals surface area (Å²) in [6, 6.07) is 12.6. The highest BCUT2D eigenvalue weighted by Gasteiger charge is 2.06. The zero-order chi connectivity index (χ0) is 19.1. The SMILES string of the molecule is CN(C)C(=O)CCc1ccc(NCC(=O)Nc2ccc(Cl)c(Cl)c2)cc1. The van der Waals surface area contributed by atoms with Gasteiger partial charge < -0.3 is 15.5 Å². The number of nitrogens with zero attached hydrogens (tertiary/aromatic N) is 1. The van der Waals surface area contributed by atoms with Crippen molar-refractivity contribution in [1.82, 2.24) is 4.90 Å². The van der Waals surface area contributed by atoms with Crippen LogP contribution in [0.3, 0.4) is 0 Å². The molecule has 0 aliphatic rings. The van der Waals surface area contributed by atoms with Crippen LogP contribution >= 0.6 is 23.2 Å². The maximum atomic E-state index is 12.0. The summed E-state index contributed by atoms with van der Waals surface area (Å²) in [5.74, 6) is -0.0878. The number of carbonyl (C=O) groups excluding carboxylic acids is 2.